The van der Waals surface area contributed by atoms with Crippen molar-refractivity contribution in [3.05, 3.63) is 47.2 Å². The van der Waals surface area contributed by atoms with Crippen molar-refractivity contribution in [2.45, 2.75) is 36.6 Å². The number of fused-ring (bicyclic) bond motifs is 1. The minimum absolute atomic E-state index is 0.210. The number of hydrogen-bond acceptors (Lipinski definition) is 7. The van der Waals surface area contributed by atoms with E-state index in [1.807, 2.05) is 0 Å². The van der Waals surface area contributed by atoms with Crippen LogP contribution in [0.25, 0.3) is 0 Å². The highest BCUT2D eigenvalue weighted by Gasteiger charge is 2.51. The average Bonchev–Trinajstić information content (AvgIpc) is 2.76. The summed E-state index contributed by atoms with van der Waals surface area (Å²) in [6.07, 6.45) is -6.55. The van der Waals surface area contributed by atoms with Gasteiger partial charge in [-0.2, -0.15) is 13.2 Å². The molecule has 3 rings (SSSR count). The van der Waals surface area contributed by atoms with Gasteiger partial charge >= 0.3 is 12.3 Å². The maximum absolute atomic E-state index is 13.5. The first-order chi connectivity index (χ1) is 17.3. The number of nitrogens with zero attached hydrogens (tertiary/aromatic N) is 1. The monoisotopic (exact) mass is 603 g/mol. The van der Waals surface area contributed by atoms with Crippen LogP contribution in [0, 0.1) is 5.82 Å². The maximum Gasteiger partial charge on any atom is 0.427 e. The standard InChI is InChI=1S/C21H22ClF4N3O7S2/c1-20(2,21(24,25)26)36-19(30)28-13-8-16(22)18-17(9-13)29(11-14(35-18)10-27-37(3,31)32)38(33,34)15-6-4-12(23)5-7-15/h4-9,14,27H,10-11H2,1-3H3,(H,28,30)/t14-/m0/s1. The fourth-order valence-electron chi connectivity index (χ4n) is 3.19. The topological polar surface area (TPSA) is 131 Å². The number of carbonyl (C=O) groups is 1. The number of halogens is 5. The van der Waals surface area contributed by atoms with Crippen LogP contribution in [0.2, 0.25) is 5.02 Å². The Morgan fingerprint density at radius 1 is 1.16 bits per heavy atom. The lowest BCUT2D eigenvalue weighted by atomic mass is 10.1. The van der Waals surface area contributed by atoms with E-state index in [0.717, 1.165) is 47.0 Å². The molecule has 210 valence electrons. The smallest absolute Gasteiger partial charge is 0.427 e. The molecule has 1 atom stereocenters. The molecule has 2 aromatic carbocycles. The van der Waals surface area contributed by atoms with Crippen LogP contribution < -0.4 is 19.1 Å². The number of sulfonamides is 2. The first-order valence-electron chi connectivity index (χ1n) is 10.6. The highest BCUT2D eigenvalue weighted by molar-refractivity contribution is 7.92. The molecular formula is C21H22ClF4N3O7S2. The van der Waals surface area contributed by atoms with Gasteiger partial charge in [0.15, 0.2) is 5.75 Å². The molecule has 2 N–H and O–H groups in total. The van der Waals surface area contributed by atoms with E-state index in [9.17, 15) is 39.2 Å². The maximum atomic E-state index is 13.5. The summed E-state index contributed by atoms with van der Waals surface area (Å²) < 4.78 is 116. The van der Waals surface area contributed by atoms with E-state index in [0.29, 0.717) is 13.8 Å². The number of hydrogen-bond donors (Lipinski definition) is 2. The van der Waals surface area contributed by atoms with E-state index in [-0.39, 0.29) is 33.6 Å². The molecule has 0 bridgehead atoms. The van der Waals surface area contributed by atoms with Crippen LogP contribution in [-0.2, 0) is 24.8 Å². The predicted molar refractivity (Wildman–Crippen MR) is 130 cm³/mol. The van der Waals surface area contributed by atoms with Crippen LogP contribution in [0.3, 0.4) is 0 Å². The Balaban J connectivity index is 2.02. The lowest BCUT2D eigenvalue weighted by molar-refractivity contribution is -0.242. The normalized spacial score (nSPS) is 16.4. The van der Waals surface area contributed by atoms with Crippen molar-refractivity contribution in [2.24, 2.45) is 0 Å². The van der Waals surface area contributed by atoms with Crippen molar-refractivity contribution in [2.75, 3.05) is 29.0 Å². The largest absolute Gasteiger partial charge is 0.483 e. The Morgan fingerprint density at radius 3 is 2.32 bits per heavy atom. The van der Waals surface area contributed by atoms with Crippen LogP contribution in [0.4, 0.5) is 33.7 Å². The number of ether oxygens (including phenoxy) is 2. The highest BCUT2D eigenvalue weighted by atomic mass is 35.5. The Kier molecular flexibility index (Phi) is 8.13. The van der Waals surface area contributed by atoms with Gasteiger partial charge in [-0.1, -0.05) is 11.6 Å². The number of anilines is 2. The first-order valence-corrected chi connectivity index (χ1v) is 14.3. The second-order valence-corrected chi connectivity index (χ2v) is 12.8. The van der Waals surface area contributed by atoms with Crippen LogP contribution >= 0.6 is 11.6 Å². The third-order valence-corrected chi connectivity index (χ3v) is 7.96. The predicted octanol–water partition coefficient (Wildman–Crippen LogP) is 3.87. The molecule has 0 spiro atoms. The Morgan fingerprint density at radius 2 is 1.76 bits per heavy atom. The Bertz CT molecular complexity index is 1430. The number of benzene rings is 2. The quantitative estimate of drug-likeness (QED) is 0.459. The van der Waals surface area contributed by atoms with E-state index in [4.69, 9.17) is 16.3 Å². The number of rotatable bonds is 7. The molecule has 2 aromatic rings. The number of nitrogens with one attached hydrogen (secondary N) is 2. The molecule has 1 aliphatic heterocycles. The van der Waals surface area contributed by atoms with Gasteiger partial charge in [0, 0.05) is 12.2 Å². The van der Waals surface area contributed by atoms with E-state index in [1.165, 1.54) is 0 Å². The van der Waals surface area contributed by atoms with E-state index < -0.39 is 56.4 Å². The highest BCUT2D eigenvalue weighted by Crippen LogP contribution is 2.44. The average molecular weight is 604 g/mol. The SMILES string of the molecule is CC(C)(OC(=O)Nc1cc(Cl)c2c(c1)N(S(=O)(=O)c1ccc(F)cc1)C[C@H](CNS(C)(=O)=O)O2)C(F)(F)F. The van der Waals surface area contributed by atoms with Gasteiger partial charge in [-0.25, -0.2) is 30.7 Å². The molecule has 0 fully saturated rings. The van der Waals surface area contributed by atoms with Crippen LogP contribution in [0.1, 0.15) is 13.8 Å². The van der Waals surface area contributed by atoms with Crippen molar-refractivity contribution in [3.63, 3.8) is 0 Å². The van der Waals surface area contributed by atoms with Gasteiger partial charge in [0.2, 0.25) is 15.6 Å². The minimum atomic E-state index is -4.87. The van der Waals surface area contributed by atoms with Crippen molar-refractivity contribution in [1.82, 2.24) is 4.72 Å². The second kappa shape index (κ2) is 10.4. The molecule has 1 amide bonds. The third-order valence-electron chi connectivity index (χ3n) is 5.20. The van der Waals surface area contributed by atoms with Gasteiger partial charge in [0.1, 0.15) is 11.9 Å². The molecule has 1 heterocycles. The fraction of sp³-hybridized carbons (Fsp3) is 0.381. The lowest BCUT2D eigenvalue weighted by Gasteiger charge is -2.36. The molecule has 0 radical (unpaired) electrons. The zero-order valence-electron chi connectivity index (χ0n) is 20.0. The molecule has 10 nitrogen and oxygen atoms in total. The summed E-state index contributed by atoms with van der Waals surface area (Å²) >= 11 is 6.27. The Labute approximate surface area is 221 Å². The van der Waals surface area contributed by atoms with Gasteiger partial charge in [-0.3, -0.25) is 9.62 Å². The van der Waals surface area contributed by atoms with Crippen molar-refractivity contribution < 1.29 is 48.7 Å². The summed E-state index contributed by atoms with van der Waals surface area (Å²) in [5, 5.41) is 1.82. The van der Waals surface area contributed by atoms with Crippen molar-refractivity contribution in [1.29, 1.82) is 0 Å². The van der Waals surface area contributed by atoms with Gasteiger partial charge in [-0.05, 0) is 50.2 Å². The minimum Gasteiger partial charge on any atom is -0.483 e. The van der Waals surface area contributed by atoms with Crippen LogP contribution in [0.15, 0.2) is 41.3 Å². The molecule has 0 aliphatic carbocycles. The van der Waals surface area contributed by atoms with Crippen molar-refractivity contribution >= 4 is 49.1 Å². The van der Waals surface area contributed by atoms with Crippen molar-refractivity contribution in [3.8, 4) is 5.75 Å². The molecular weight excluding hydrogens is 582 g/mol. The Hall–Kier alpha value is -2.82. The molecule has 0 saturated heterocycles. The second-order valence-electron chi connectivity index (χ2n) is 8.68. The zero-order chi connectivity index (χ0) is 28.7. The molecule has 38 heavy (non-hydrogen) atoms. The summed E-state index contributed by atoms with van der Waals surface area (Å²) in [5.74, 6) is -0.908. The first kappa shape index (κ1) is 29.7. The van der Waals surface area contributed by atoms with Gasteiger partial charge in [0.25, 0.3) is 10.0 Å². The molecule has 0 unspecified atom stereocenters. The lowest BCUT2D eigenvalue weighted by Crippen LogP contribution is -2.48. The summed E-state index contributed by atoms with van der Waals surface area (Å²) in [4.78, 5) is 11.8. The van der Waals surface area contributed by atoms with Gasteiger partial charge in [-0.15, -0.1) is 0 Å². The van der Waals surface area contributed by atoms with Gasteiger partial charge in [0.05, 0.1) is 28.4 Å². The molecule has 0 saturated carbocycles. The number of carbonyl (C=O) groups excluding carboxylic acids is 1. The summed E-state index contributed by atoms with van der Waals surface area (Å²) in [5.41, 5.74) is -3.29. The molecule has 0 aromatic heterocycles. The molecule has 1 aliphatic rings. The van der Waals surface area contributed by atoms with E-state index in [1.54, 1.807) is 0 Å². The number of amides is 1. The van der Waals surface area contributed by atoms with Crippen LogP contribution in [-0.4, -0.2) is 60.2 Å². The molecule has 17 heteroatoms. The van der Waals surface area contributed by atoms with Gasteiger partial charge < -0.3 is 9.47 Å². The fourth-order valence-corrected chi connectivity index (χ4v) is 5.42. The third kappa shape index (κ3) is 6.78. The summed E-state index contributed by atoms with van der Waals surface area (Å²) in [7, 11) is -8.11. The zero-order valence-corrected chi connectivity index (χ0v) is 22.4. The summed E-state index contributed by atoms with van der Waals surface area (Å²) in [6, 6.07) is 6.00. The number of alkyl halides is 3. The van der Waals surface area contributed by atoms with Crippen LogP contribution in [0.5, 0.6) is 5.75 Å². The summed E-state index contributed by atoms with van der Waals surface area (Å²) in [6.45, 7) is 0.493. The van der Waals surface area contributed by atoms with E-state index in [2.05, 4.69) is 14.8 Å². The van der Waals surface area contributed by atoms with E-state index >= 15 is 0 Å².